The van der Waals surface area contributed by atoms with Crippen molar-refractivity contribution in [3.05, 3.63) is 52.6 Å². The number of fused-ring (bicyclic) bond motifs is 1. The fraction of sp³-hybridized carbons (Fsp3) is 0.350. The molecule has 142 valence electrons. The zero-order chi connectivity index (χ0) is 19.1. The van der Waals surface area contributed by atoms with Gasteiger partial charge in [0, 0.05) is 18.4 Å². The number of aromatic hydroxyl groups is 1. The maximum absolute atomic E-state index is 12.7. The molecule has 3 heterocycles. The number of carbonyl (C=O) groups is 1. The molecular weight excluding hydrogens is 368 g/mol. The van der Waals surface area contributed by atoms with Crippen molar-refractivity contribution in [2.24, 2.45) is 0 Å². The normalized spacial score (nSPS) is 37.0. The fourth-order valence-electron chi connectivity index (χ4n) is 5.13. The van der Waals surface area contributed by atoms with Gasteiger partial charge in [0.05, 0.1) is 16.7 Å². The molecule has 3 aliphatic heterocycles. The minimum Gasteiger partial charge on any atom is -0.507 e. The zero-order valence-corrected chi connectivity index (χ0v) is 14.3. The summed E-state index contributed by atoms with van der Waals surface area (Å²) in [7, 11) is 0. The Kier molecular flexibility index (Phi) is 2.28. The number of rotatable bonds is 0. The van der Waals surface area contributed by atoms with Crippen LogP contribution in [-0.2, 0) is 26.8 Å². The minimum atomic E-state index is -2.03. The third-order valence-corrected chi connectivity index (χ3v) is 6.36. The number of aliphatic hydroxyl groups is 2. The molecule has 3 N–H and O–H groups in total. The molecule has 28 heavy (non-hydrogen) atoms. The topological polar surface area (TPSA) is 118 Å². The molecule has 2 aromatic carbocycles. The van der Waals surface area contributed by atoms with Gasteiger partial charge in [-0.1, -0.05) is 12.1 Å². The molecule has 1 saturated heterocycles. The Morgan fingerprint density at radius 2 is 1.82 bits per heavy atom. The largest absolute Gasteiger partial charge is 0.507 e. The van der Waals surface area contributed by atoms with Crippen LogP contribution in [0.5, 0.6) is 17.2 Å². The van der Waals surface area contributed by atoms with Crippen molar-refractivity contribution in [3.8, 4) is 17.2 Å². The second-order valence-corrected chi connectivity index (χ2v) is 7.90. The van der Waals surface area contributed by atoms with Crippen molar-refractivity contribution in [2.75, 3.05) is 0 Å². The lowest BCUT2D eigenvalue weighted by molar-refractivity contribution is -0.377. The molecule has 1 fully saturated rings. The molecule has 7 rings (SSSR count). The Morgan fingerprint density at radius 1 is 1.00 bits per heavy atom. The van der Waals surface area contributed by atoms with Gasteiger partial charge in [0.1, 0.15) is 17.2 Å². The standard InChI is InChI=1S/C20H14O8/c21-9-4-5-11-14-12(9)15(22)16-17(25-16)20(14)27-10-3-1-2-8-13(10)19(26-11,28-20)7-6-18(8,23)24/h1-5,16-17,21,23-24H,6-7H2. The van der Waals surface area contributed by atoms with E-state index in [1.807, 2.05) is 0 Å². The van der Waals surface area contributed by atoms with Gasteiger partial charge < -0.3 is 29.5 Å². The number of phenols is 1. The zero-order valence-electron chi connectivity index (χ0n) is 14.3. The van der Waals surface area contributed by atoms with E-state index >= 15 is 0 Å². The van der Waals surface area contributed by atoms with Crippen LogP contribution in [0.4, 0.5) is 0 Å². The highest BCUT2D eigenvalue weighted by molar-refractivity contribution is 6.07. The van der Waals surface area contributed by atoms with Crippen LogP contribution in [0.25, 0.3) is 0 Å². The van der Waals surface area contributed by atoms with E-state index in [2.05, 4.69) is 0 Å². The lowest BCUT2D eigenvalue weighted by Gasteiger charge is -2.55. The van der Waals surface area contributed by atoms with Crippen LogP contribution < -0.4 is 9.47 Å². The SMILES string of the molecule is O=C1c2c(O)ccc3c2C2(Oc4cccc5c4C(CCC5(O)O)(O3)O2)C2OC12. The smallest absolute Gasteiger partial charge is 0.274 e. The Morgan fingerprint density at radius 3 is 2.68 bits per heavy atom. The van der Waals surface area contributed by atoms with Crippen molar-refractivity contribution >= 4 is 5.78 Å². The van der Waals surface area contributed by atoms with Crippen LogP contribution in [0.15, 0.2) is 30.3 Å². The number of benzene rings is 2. The van der Waals surface area contributed by atoms with E-state index in [1.165, 1.54) is 6.07 Å². The van der Waals surface area contributed by atoms with Gasteiger partial charge in [-0.3, -0.25) is 9.53 Å². The van der Waals surface area contributed by atoms with E-state index in [0.29, 0.717) is 22.6 Å². The third-order valence-electron chi connectivity index (χ3n) is 6.36. The molecule has 4 unspecified atom stereocenters. The minimum absolute atomic E-state index is 0.00626. The number of Topliss-reactive ketones (excluding diaryl/α,β-unsaturated/α-hetero) is 1. The van der Waals surface area contributed by atoms with Crippen LogP contribution in [0.3, 0.4) is 0 Å². The summed E-state index contributed by atoms with van der Waals surface area (Å²) in [6, 6.07) is 7.93. The summed E-state index contributed by atoms with van der Waals surface area (Å²) in [5.74, 6) is -4.57. The predicted octanol–water partition coefficient (Wildman–Crippen LogP) is 1.09. The summed E-state index contributed by atoms with van der Waals surface area (Å²) in [6.45, 7) is 0. The van der Waals surface area contributed by atoms with E-state index in [-0.39, 0.29) is 35.5 Å². The van der Waals surface area contributed by atoms with Gasteiger partial charge in [0.25, 0.3) is 5.79 Å². The second-order valence-electron chi connectivity index (χ2n) is 7.90. The summed E-state index contributed by atoms with van der Waals surface area (Å²) in [5.41, 5.74) is 1.09. The molecule has 0 amide bonds. The number of hydrogen-bond donors (Lipinski definition) is 3. The Bertz CT molecular complexity index is 1120. The highest BCUT2D eigenvalue weighted by Gasteiger charge is 2.75. The molecule has 2 aliphatic carbocycles. The number of hydrogen-bond acceptors (Lipinski definition) is 8. The highest BCUT2D eigenvalue weighted by Crippen LogP contribution is 2.65. The van der Waals surface area contributed by atoms with Crippen LogP contribution in [-0.4, -0.2) is 33.3 Å². The van der Waals surface area contributed by atoms with Gasteiger partial charge in [-0.05, 0) is 18.2 Å². The van der Waals surface area contributed by atoms with Gasteiger partial charge in [-0.25, -0.2) is 0 Å². The Balaban J connectivity index is 1.58. The van der Waals surface area contributed by atoms with Gasteiger partial charge in [0.15, 0.2) is 23.8 Å². The van der Waals surface area contributed by atoms with Crippen LogP contribution in [0.1, 0.15) is 39.9 Å². The van der Waals surface area contributed by atoms with Crippen LogP contribution in [0, 0.1) is 0 Å². The molecule has 0 aromatic heterocycles. The average molecular weight is 382 g/mol. The molecule has 2 bridgehead atoms. The molecule has 0 saturated carbocycles. The number of ether oxygens (including phenoxy) is 4. The van der Waals surface area contributed by atoms with E-state index in [4.69, 9.17) is 18.9 Å². The first kappa shape index (κ1) is 15.3. The Hall–Kier alpha value is -2.65. The maximum Gasteiger partial charge on any atom is 0.274 e. The summed E-state index contributed by atoms with van der Waals surface area (Å²) < 4.78 is 24.6. The number of ketones is 1. The molecule has 0 radical (unpaired) electrons. The van der Waals surface area contributed by atoms with Crippen LogP contribution in [0.2, 0.25) is 0 Å². The van der Waals surface area contributed by atoms with Crippen molar-refractivity contribution in [2.45, 2.75) is 42.4 Å². The van der Waals surface area contributed by atoms with Crippen LogP contribution >= 0.6 is 0 Å². The van der Waals surface area contributed by atoms with Gasteiger partial charge in [-0.2, -0.15) is 0 Å². The van der Waals surface area contributed by atoms with Crippen molar-refractivity contribution in [1.29, 1.82) is 0 Å². The first-order valence-electron chi connectivity index (χ1n) is 9.09. The number of carbonyl (C=O) groups excluding carboxylic acids is 1. The summed E-state index contributed by atoms with van der Waals surface area (Å²) in [5, 5.41) is 31.3. The maximum atomic E-state index is 12.7. The van der Waals surface area contributed by atoms with E-state index in [9.17, 15) is 20.1 Å². The molecule has 8 nitrogen and oxygen atoms in total. The lowest BCUT2D eigenvalue weighted by Crippen LogP contribution is -2.62. The highest BCUT2D eigenvalue weighted by atomic mass is 16.8. The molecule has 5 aliphatic rings. The summed E-state index contributed by atoms with van der Waals surface area (Å²) in [6.07, 6.45) is -1.27. The third kappa shape index (κ3) is 1.46. The van der Waals surface area contributed by atoms with Gasteiger partial charge in [0.2, 0.25) is 5.79 Å². The second kappa shape index (κ2) is 4.18. The summed E-state index contributed by atoms with van der Waals surface area (Å²) in [4.78, 5) is 12.7. The molecular formula is C20H14O8. The molecule has 4 atom stereocenters. The van der Waals surface area contributed by atoms with Crippen molar-refractivity contribution in [3.63, 3.8) is 0 Å². The number of epoxide rings is 1. The monoisotopic (exact) mass is 382 g/mol. The van der Waals surface area contributed by atoms with Crippen molar-refractivity contribution in [1.82, 2.24) is 0 Å². The van der Waals surface area contributed by atoms with Gasteiger partial charge in [-0.15, -0.1) is 0 Å². The predicted molar refractivity (Wildman–Crippen MR) is 88.6 cm³/mol. The average Bonchev–Trinajstić information content (AvgIpc) is 3.47. The first-order chi connectivity index (χ1) is 13.4. The Labute approximate surface area is 157 Å². The molecule has 8 heteroatoms. The molecule has 2 spiro atoms. The van der Waals surface area contributed by atoms with E-state index in [0.717, 1.165) is 0 Å². The van der Waals surface area contributed by atoms with E-state index < -0.39 is 29.6 Å². The van der Waals surface area contributed by atoms with Crippen molar-refractivity contribution < 1.29 is 39.1 Å². The first-order valence-corrected chi connectivity index (χ1v) is 9.09. The quantitative estimate of drug-likeness (QED) is 0.458. The fourth-order valence-corrected chi connectivity index (χ4v) is 5.13. The molecule has 2 aromatic rings. The lowest BCUT2D eigenvalue weighted by atomic mass is 9.77. The van der Waals surface area contributed by atoms with E-state index in [1.54, 1.807) is 24.3 Å². The van der Waals surface area contributed by atoms with Gasteiger partial charge >= 0.3 is 0 Å². The summed E-state index contributed by atoms with van der Waals surface area (Å²) >= 11 is 0. The number of phenolic OH excluding ortho intramolecular Hbond substituents is 1.